The summed E-state index contributed by atoms with van der Waals surface area (Å²) in [6.07, 6.45) is 0. The maximum atomic E-state index is 8.58. The van der Waals surface area contributed by atoms with Gasteiger partial charge in [-0.1, -0.05) is 0 Å². The zero-order valence-electron chi connectivity index (χ0n) is 3.80. The molecule has 8 heavy (non-hydrogen) atoms. The van der Waals surface area contributed by atoms with Crippen molar-refractivity contribution < 1.29 is 23.9 Å². The van der Waals surface area contributed by atoms with Crippen LogP contribution in [0.4, 0.5) is 0 Å². The molecular formula is AlFMgO4Si. The van der Waals surface area contributed by atoms with Crippen LogP contribution in [-0.2, 0) is 0 Å². The van der Waals surface area contributed by atoms with E-state index in [-0.39, 0.29) is 45.1 Å². The molecular weight excluding hydrogens is 162 g/mol. The third kappa shape index (κ3) is 174. The Kier molecular flexibility index (Phi) is 23.6. The van der Waals surface area contributed by atoms with E-state index in [0.29, 0.717) is 0 Å². The molecule has 40 valence electrons. The monoisotopic (exact) mass is 162 g/mol. The van der Waals surface area contributed by atoms with E-state index < -0.39 is 9.05 Å². The first-order valence-corrected chi connectivity index (χ1v) is 2.45. The van der Waals surface area contributed by atoms with E-state index in [1.807, 2.05) is 0 Å². The summed E-state index contributed by atoms with van der Waals surface area (Å²) in [5.74, 6) is 0. The Balaban J connectivity index is -0.0000000267. The summed E-state index contributed by atoms with van der Waals surface area (Å²) in [5.41, 5.74) is 0. The minimum atomic E-state index is -5.61. The number of halogens is 1. The Labute approximate surface area is 73.3 Å². The number of hydrogen-bond acceptors (Lipinski definition) is 4. The third-order valence-electron chi connectivity index (χ3n) is 0. The van der Waals surface area contributed by atoms with Crippen molar-refractivity contribution in [3.05, 3.63) is 0 Å². The van der Waals surface area contributed by atoms with Crippen molar-refractivity contribution in [3.8, 4) is 0 Å². The van der Waals surface area contributed by atoms with Crippen molar-refractivity contribution in [1.82, 2.24) is 0 Å². The van der Waals surface area contributed by atoms with E-state index in [2.05, 4.69) is 0 Å². The van der Waals surface area contributed by atoms with Crippen molar-refractivity contribution >= 4 is 49.5 Å². The van der Waals surface area contributed by atoms with Crippen LogP contribution in [0.1, 0.15) is 0 Å². The second-order valence-electron chi connectivity index (χ2n) is 0.500. The topological polar surface area (TPSA) is 92.2 Å². The summed E-state index contributed by atoms with van der Waals surface area (Å²) in [4.78, 5) is 34.3. The van der Waals surface area contributed by atoms with Crippen LogP contribution in [-0.4, -0.2) is 49.5 Å². The SMILES string of the molecule is [Al+3].[F-].[Mg+2].[O-][Si]([O-])([O-])[O-]. The van der Waals surface area contributed by atoms with E-state index in [1.54, 1.807) is 0 Å². The van der Waals surface area contributed by atoms with E-state index in [9.17, 15) is 0 Å². The molecule has 0 saturated carbocycles. The van der Waals surface area contributed by atoms with Crippen LogP contribution in [0, 0.1) is 0 Å². The first-order chi connectivity index (χ1) is 2.00. The van der Waals surface area contributed by atoms with E-state index >= 15 is 0 Å². The molecule has 0 rings (SSSR count). The van der Waals surface area contributed by atoms with Crippen LogP contribution in [0.15, 0.2) is 0 Å². The van der Waals surface area contributed by atoms with Crippen molar-refractivity contribution in [1.29, 1.82) is 0 Å². The summed E-state index contributed by atoms with van der Waals surface area (Å²) >= 11 is 0. The molecule has 0 amide bonds. The summed E-state index contributed by atoms with van der Waals surface area (Å²) in [5, 5.41) is 0. The minimum Gasteiger partial charge on any atom is -1.00 e. The largest absolute Gasteiger partial charge is 3.00 e. The quantitative estimate of drug-likeness (QED) is 0.331. The molecule has 0 aliphatic carbocycles. The Morgan fingerprint density at radius 2 is 0.875 bits per heavy atom. The van der Waals surface area contributed by atoms with Crippen LogP contribution in [0.5, 0.6) is 0 Å². The van der Waals surface area contributed by atoms with Gasteiger partial charge in [-0.05, 0) is 0 Å². The fourth-order valence-corrected chi connectivity index (χ4v) is 0. The average Bonchev–Trinajstić information content (AvgIpc) is 0.722. The van der Waals surface area contributed by atoms with Crippen LogP contribution in [0.25, 0.3) is 0 Å². The fraction of sp³-hybridized carbons (Fsp3) is 0. The average molecular weight is 162 g/mol. The standard InChI is InChI=1S/Al.FH.Mg.O4Si/c;;;1-5(2,3)4/h;1H;;/q+3;;+2;-4/p-1. The molecule has 0 N–H and O–H groups in total. The second kappa shape index (κ2) is 8.29. The normalized spacial score (nSPS) is 7.50. The Bertz CT molecular complexity index is 31.5. The van der Waals surface area contributed by atoms with Crippen molar-refractivity contribution in [2.24, 2.45) is 0 Å². The van der Waals surface area contributed by atoms with Crippen LogP contribution < -0.4 is 23.9 Å². The first kappa shape index (κ1) is 22.8. The molecule has 8 heteroatoms. The summed E-state index contributed by atoms with van der Waals surface area (Å²) in [7, 11) is -5.61. The molecule has 4 nitrogen and oxygen atoms in total. The minimum absolute atomic E-state index is 0. The summed E-state index contributed by atoms with van der Waals surface area (Å²) in [6, 6.07) is 0. The van der Waals surface area contributed by atoms with Crippen LogP contribution in [0.2, 0.25) is 0 Å². The fourth-order valence-electron chi connectivity index (χ4n) is 0. The zero-order chi connectivity index (χ0) is 4.50. The van der Waals surface area contributed by atoms with Crippen molar-refractivity contribution in [3.63, 3.8) is 0 Å². The van der Waals surface area contributed by atoms with Gasteiger partial charge in [0, 0.05) is 0 Å². The molecule has 0 radical (unpaired) electrons. The van der Waals surface area contributed by atoms with Gasteiger partial charge in [-0.15, -0.1) is 0 Å². The molecule has 0 heterocycles. The molecule has 0 aliphatic heterocycles. The Morgan fingerprint density at radius 1 is 0.875 bits per heavy atom. The molecule has 0 unspecified atom stereocenters. The number of hydrogen-bond donors (Lipinski definition) is 0. The van der Waals surface area contributed by atoms with E-state index in [0.717, 1.165) is 0 Å². The zero-order valence-corrected chi connectivity index (χ0v) is 7.36. The number of rotatable bonds is 0. The van der Waals surface area contributed by atoms with Gasteiger partial charge in [-0.25, -0.2) is 0 Å². The van der Waals surface area contributed by atoms with Crippen LogP contribution in [0.3, 0.4) is 0 Å². The van der Waals surface area contributed by atoms with Crippen LogP contribution >= 0.6 is 0 Å². The summed E-state index contributed by atoms with van der Waals surface area (Å²) in [6.45, 7) is 0. The maximum Gasteiger partial charge on any atom is 3.00 e. The Hall–Kier alpha value is 1.29. The molecule has 0 aliphatic rings. The van der Waals surface area contributed by atoms with Crippen molar-refractivity contribution in [2.45, 2.75) is 0 Å². The molecule has 0 bridgehead atoms. The van der Waals surface area contributed by atoms with Gasteiger partial charge in [0.2, 0.25) is 0 Å². The molecule has 0 spiro atoms. The third-order valence-corrected chi connectivity index (χ3v) is 0. The molecule has 0 saturated heterocycles. The molecule has 0 aromatic carbocycles. The van der Waals surface area contributed by atoms with Crippen molar-refractivity contribution in [2.75, 3.05) is 0 Å². The van der Waals surface area contributed by atoms with Gasteiger partial charge < -0.3 is 32.9 Å². The van der Waals surface area contributed by atoms with Gasteiger partial charge >= 0.3 is 40.4 Å². The predicted octanol–water partition coefficient (Wildman–Crippen LogP) is -8.89. The van der Waals surface area contributed by atoms with E-state index in [1.165, 1.54) is 0 Å². The van der Waals surface area contributed by atoms with Gasteiger partial charge in [0.25, 0.3) is 0 Å². The molecule has 0 aromatic heterocycles. The predicted molar refractivity (Wildman–Crippen MR) is 17.3 cm³/mol. The second-order valence-corrected chi connectivity index (χ2v) is 1.50. The molecule has 0 atom stereocenters. The van der Waals surface area contributed by atoms with E-state index in [4.69, 9.17) is 19.2 Å². The first-order valence-electron chi connectivity index (χ1n) is 0.816. The van der Waals surface area contributed by atoms with Gasteiger partial charge in [0.15, 0.2) is 0 Å². The summed E-state index contributed by atoms with van der Waals surface area (Å²) < 4.78 is 0. The van der Waals surface area contributed by atoms with Gasteiger partial charge in [-0.2, -0.15) is 0 Å². The van der Waals surface area contributed by atoms with Gasteiger partial charge in [-0.3, -0.25) is 0 Å². The molecule has 0 aromatic rings. The van der Waals surface area contributed by atoms with Gasteiger partial charge in [0.1, 0.15) is 0 Å². The molecule has 0 fully saturated rings. The maximum absolute atomic E-state index is 8.58. The Morgan fingerprint density at radius 3 is 0.875 bits per heavy atom. The van der Waals surface area contributed by atoms with Gasteiger partial charge in [0.05, 0.1) is 0 Å². The smallest absolute Gasteiger partial charge is 1.00 e.